The molecule has 10 heteroatoms. The first-order chi connectivity index (χ1) is 12.6. The number of hydrogen-bond acceptors (Lipinski definition) is 3. The van der Waals surface area contributed by atoms with E-state index in [1.165, 1.54) is 11.7 Å². The van der Waals surface area contributed by atoms with Crippen molar-refractivity contribution in [1.29, 1.82) is 0 Å². The van der Waals surface area contributed by atoms with Gasteiger partial charge in [-0.15, -0.1) is 0 Å². The number of rotatable bonds is 6. The van der Waals surface area contributed by atoms with Crippen molar-refractivity contribution in [1.82, 2.24) is 15.1 Å². The molecule has 5 nitrogen and oxygen atoms in total. The van der Waals surface area contributed by atoms with Crippen molar-refractivity contribution in [3.63, 3.8) is 0 Å². The van der Waals surface area contributed by atoms with E-state index < -0.39 is 47.0 Å². The molecule has 1 heterocycles. The lowest BCUT2D eigenvalue weighted by atomic mass is 10.1. The van der Waals surface area contributed by atoms with Gasteiger partial charge in [-0.3, -0.25) is 9.48 Å². The Labute approximate surface area is 158 Å². The van der Waals surface area contributed by atoms with Gasteiger partial charge in [-0.1, -0.05) is 25.4 Å². The molecule has 0 aliphatic carbocycles. The average Bonchev–Trinajstić information content (AvgIpc) is 2.84. The largest absolute Gasteiger partial charge is 0.487 e. The van der Waals surface area contributed by atoms with Gasteiger partial charge >= 0.3 is 0 Å². The van der Waals surface area contributed by atoms with Crippen LogP contribution in [0.3, 0.4) is 0 Å². The van der Waals surface area contributed by atoms with E-state index in [1.807, 2.05) is 0 Å². The van der Waals surface area contributed by atoms with Crippen molar-refractivity contribution >= 4 is 17.5 Å². The smallest absolute Gasteiger partial charge is 0.271 e. The number of carbonyl (C=O) groups excluding carboxylic acids is 1. The van der Waals surface area contributed by atoms with Crippen LogP contribution in [0.5, 0.6) is 5.75 Å². The number of carbonyl (C=O) groups is 1. The van der Waals surface area contributed by atoms with Crippen molar-refractivity contribution in [2.75, 3.05) is 6.61 Å². The normalized spacial score (nSPS) is 11.2. The van der Waals surface area contributed by atoms with Crippen molar-refractivity contribution < 1.29 is 27.1 Å². The highest BCUT2D eigenvalue weighted by atomic mass is 35.5. The highest BCUT2D eigenvalue weighted by Crippen LogP contribution is 2.30. The van der Waals surface area contributed by atoms with Gasteiger partial charge in [-0.25, -0.2) is 8.78 Å². The van der Waals surface area contributed by atoms with Gasteiger partial charge in [0.15, 0.2) is 17.4 Å². The third-order valence-electron chi connectivity index (χ3n) is 3.66. The average molecular weight is 408 g/mol. The maximum Gasteiger partial charge on any atom is 0.271 e. The second kappa shape index (κ2) is 8.16. The first kappa shape index (κ1) is 21.0. The predicted octanol–water partition coefficient (Wildman–Crippen LogP) is 3.90. The Balaban J connectivity index is 2.28. The van der Waals surface area contributed by atoms with E-state index in [4.69, 9.17) is 16.3 Å². The number of benzene rings is 1. The van der Waals surface area contributed by atoms with Crippen molar-refractivity contribution in [3.05, 3.63) is 45.2 Å². The first-order valence-corrected chi connectivity index (χ1v) is 8.38. The summed E-state index contributed by atoms with van der Waals surface area (Å²) < 4.78 is 62.5. The molecule has 0 aliphatic heterocycles. The van der Waals surface area contributed by atoms with Crippen LogP contribution < -0.4 is 10.1 Å². The molecule has 2 aromatic rings. The molecular weight excluding hydrogens is 390 g/mol. The maximum atomic E-state index is 14.2. The molecule has 2 rings (SSSR count). The second-order valence-electron chi connectivity index (χ2n) is 6.32. The van der Waals surface area contributed by atoms with E-state index >= 15 is 0 Å². The highest BCUT2D eigenvalue weighted by molar-refractivity contribution is 6.34. The summed E-state index contributed by atoms with van der Waals surface area (Å²) in [5.41, 5.74) is -0.636. The number of nitrogens with one attached hydrogen (secondary N) is 1. The molecule has 0 atom stereocenters. The fourth-order valence-electron chi connectivity index (χ4n) is 2.32. The molecule has 0 aliphatic rings. The van der Waals surface area contributed by atoms with Crippen LogP contribution in [0.1, 0.15) is 35.6 Å². The molecule has 0 spiro atoms. The lowest BCUT2D eigenvalue weighted by Gasteiger charge is -2.14. The summed E-state index contributed by atoms with van der Waals surface area (Å²) in [6, 6.07) is 0. The van der Waals surface area contributed by atoms with Crippen LogP contribution in [0.25, 0.3) is 0 Å². The van der Waals surface area contributed by atoms with Gasteiger partial charge in [0, 0.05) is 19.2 Å². The molecule has 148 valence electrons. The Morgan fingerprint density at radius 1 is 1.19 bits per heavy atom. The van der Waals surface area contributed by atoms with Gasteiger partial charge in [0.1, 0.15) is 5.69 Å². The zero-order chi connectivity index (χ0) is 20.5. The van der Waals surface area contributed by atoms with Crippen molar-refractivity contribution in [3.8, 4) is 5.75 Å². The molecule has 1 N–H and O–H groups in total. The molecule has 27 heavy (non-hydrogen) atoms. The van der Waals surface area contributed by atoms with Gasteiger partial charge < -0.3 is 10.1 Å². The molecule has 1 aromatic heterocycles. The topological polar surface area (TPSA) is 56.2 Å². The number of halogens is 5. The van der Waals surface area contributed by atoms with Crippen LogP contribution in [0.15, 0.2) is 0 Å². The van der Waals surface area contributed by atoms with Crippen LogP contribution in [0, 0.1) is 36.1 Å². The minimum absolute atomic E-state index is 0.0483. The standard InChI is InChI=1S/C17H18ClF4N3O2/c1-7(2)6-27-16-13(21)11(19)9(12(20)14(16)22)5-23-17(26)15-10(18)8(3)24-25(15)4/h7H,5-6H2,1-4H3,(H,23,26). The summed E-state index contributed by atoms with van der Waals surface area (Å²) in [5.74, 6) is -8.63. The summed E-state index contributed by atoms with van der Waals surface area (Å²) in [7, 11) is 1.45. The third kappa shape index (κ3) is 4.18. The van der Waals surface area contributed by atoms with Crippen LogP contribution in [-0.2, 0) is 13.6 Å². The van der Waals surface area contributed by atoms with E-state index in [1.54, 1.807) is 20.8 Å². The van der Waals surface area contributed by atoms with Crippen LogP contribution >= 0.6 is 11.6 Å². The zero-order valence-corrected chi connectivity index (χ0v) is 15.8. The minimum atomic E-state index is -1.66. The van der Waals surface area contributed by atoms with E-state index in [2.05, 4.69) is 10.4 Å². The molecule has 0 unspecified atom stereocenters. The van der Waals surface area contributed by atoms with Crippen molar-refractivity contribution in [2.45, 2.75) is 27.3 Å². The van der Waals surface area contributed by atoms with E-state index in [0.717, 1.165) is 0 Å². The number of ether oxygens (including phenoxy) is 1. The molecule has 1 aromatic carbocycles. The van der Waals surface area contributed by atoms with E-state index in [0.29, 0.717) is 5.69 Å². The summed E-state index contributed by atoms with van der Waals surface area (Å²) in [5, 5.41) is 6.17. The summed E-state index contributed by atoms with van der Waals surface area (Å²) in [6.45, 7) is 4.06. The maximum absolute atomic E-state index is 14.2. The molecule has 0 saturated heterocycles. The molecular formula is C17H18ClF4N3O2. The lowest BCUT2D eigenvalue weighted by Crippen LogP contribution is -2.27. The second-order valence-corrected chi connectivity index (χ2v) is 6.70. The van der Waals surface area contributed by atoms with Crippen LogP contribution in [-0.4, -0.2) is 22.3 Å². The highest BCUT2D eigenvalue weighted by Gasteiger charge is 2.27. The number of amides is 1. The Hall–Kier alpha value is -2.29. The summed E-state index contributed by atoms with van der Waals surface area (Å²) in [4.78, 5) is 12.2. The lowest BCUT2D eigenvalue weighted by molar-refractivity contribution is 0.0940. The molecule has 0 bridgehead atoms. The Kier molecular flexibility index (Phi) is 6.35. The monoisotopic (exact) mass is 407 g/mol. The SMILES string of the molecule is Cc1nn(C)c(C(=O)NCc2c(F)c(F)c(OCC(C)C)c(F)c2F)c1Cl. The first-order valence-electron chi connectivity index (χ1n) is 8.01. The number of aromatic nitrogens is 2. The van der Waals surface area contributed by atoms with Gasteiger partial charge in [0.05, 0.1) is 17.3 Å². The summed E-state index contributed by atoms with van der Waals surface area (Å²) in [6.07, 6.45) is 0. The van der Waals surface area contributed by atoms with Crippen molar-refractivity contribution in [2.24, 2.45) is 13.0 Å². The minimum Gasteiger partial charge on any atom is -0.487 e. The Morgan fingerprint density at radius 2 is 1.74 bits per heavy atom. The third-order valence-corrected chi connectivity index (χ3v) is 4.12. The molecule has 0 saturated carbocycles. The fourth-order valence-corrected chi connectivity index (χ4v) is 2.57. The van der Waals surface area contributed by atoms with Gasteiger partial charge in [0.25, 0.3) is 5.91 Å². The van der Waals surface area contributed by atoms with Gasteiger partial charge in [-0.05, 0) is 12.8 Å². The van der Waals surface area contributed by atoms with E-state index in [-0.39, 0.29) is 23.2 Å². The van der Waals surface area contributed by atoms with Gasteiger partial charge in [0.2, 0.25) is 11.6 Å². The van der Waals surface area contributed by atoms with E-state index in [9.17, 15) is 22.4 Å². The Morgan fingerprint density at radius 3 is 2.19 bits per heavy atom. The zero-order valence-electron chi connectivity index (χ0n) is 15.1. The number of nitrogens with zero attached hydrogens (tertiary/aromatic N) is 2. The molecule has 0 radical (unpaired) electrons. The number of hydrogen-bond donors (Lipinski definition) is 1. The predicted molar refractivity (Wildman–Crippen MR) is 90.7 cm³/mol. The molecule has 1 amide bonds. The Bertz CT molecular complexity index is 855. The van der Waals surface area contributed by atoms with Crippen LogP contribution in [0.4, 0.5) is 17.6 Å². The van der Waals surface area contributed by atoms with Gasteiger partial charge in [-0.2, -0.15) is 13.9 Å². The fraction of sp³-hybridized carbons (Fsp3) is 0.412. The summed E-state index contributed by atoms with van der Waals surface area (Å²) >= 11 is 5.96. The quantitative estimate of drug-likeness (QED) is 0.583. The molecule has 0 fully saturated rings. The van der Waals surface area contributed by atoms with Crippen LogP contribution in [0.2, 0.25) is 5.02 Å². The number of aryl methyl sites for hydroxylation is 2.